The first-order chi connectivity index (χ1) is 16.7. The number of piperidine rings is 1. The van der Waals surface area contributed by atoms with E-state index in [1.165, 1.54) is 37.6 Å². The van der Waals surface area contributed by atoms with Gasteiger partial charge in [0.05, 0.1) is 12.5 Å². The lowest BCUT2D eigenvalue weighted by molar-refractivity contribution is -0.0221. The molecule has 0 radical (unpaired) electrons. The number of halogens is 4. The molecule has 182 valence electrons. The van der Waals surface area contributed by atoms with Crippen molar-refractivity contribution in [2.45, 2.75) is 32.1 Å². The van der Waals surface area contributed by atoms with Gasteiger partial charge in [-0.2, -0.15) is 9.97 Å². The Bertz CT molecular complexity index is 1450. The topological polar surface area (TPSA) is 71.4 Å². The number of hydrogen-bond donors (Lipinski definition) is 1. The number of rotatable bonds is 4. The molecule has 0 atom stereocenters. The third kappa shape index (κ3) is 3.96. The zero-order chi connectivity index (χ0) is 24.9. The molecule has 1 fully saturated rings. The molecule has 5 rings (SSSR count). The van der Waals surface area contributed by atoms with E-state index in [0.717, 1.165) is 0 Å². The molecule has 0 aliphatic carbocycles. The standard InChI is InChI=1S/C25H22F4N4O2/c1-3-15-18(26)5-4-13-10-14(34)11-16(19(13)15)21-20(27)22-17(12-30-21)23(32-24(31-22)35-2)33-8-6-25(28,29)7-9-33/h4-5,10-12,34H,3,6-9H2,1-2H3. The van der Waals surface area contributed by atoms with Crippen molar-refractivity contribution in [3.63, 3.8) is 0 Å². The maximum atomic E-state index is 16.0. The van der Waals surface area contributed by atoms with Crippen molar-refractivity contribution in [1.82, 2.24) is 15.0 Å². The van der Waals surface area contributed by atoms with Gasteiger partial charge in [0.25, 0.3) is 5.92 Å². The van der Waals surface area contributed by atoms with Gasteiger partial charge in [0.2, 0.25) is 0 Å². The Morgan fingerprint density at radius 1 is 1.11 bits per heavy atom. The third-order valence-electron chi connectivity index (χ3n) is 6.38. The van der Waals surface area contributed by atoms with Gasteiger partial charge < -0.3 is 14.7 Å². The van der Waals surface area contributed by atoms with Gasteiger partial charge in [0.15, 0.2) is 5.82 Å². The quantitative estimate of drug-likeness (QED) is 0.377. The second kappa shape index (κ2) is 8.51. The van der Waals surface area contributed by atoms with Crippen LogP contribution >= 0.6 is 0 Å². The van der Waals surface area contributed by atoms with Crippen LogP contribution in [0.25, 0.3) is 32.9 Å². The lowest BCUT2D eigenvalue weighted by Crippen LogP contribution is -2.40. The summed E-state index contributed by atoms with van der Waals surface area (Å²) < 4.78 is 63.2. The maximum Gasteiger partial charge on any atom is 0.318 e. The van der Waals surface area contributed by atoms with E-state index >= 15 is 4.39 Å². The van der Waals surface area contributed by atoms with Gasteiger partial charge in [-0.05, 0) is 41.0 Å². The fourth-order valence-corrected chi connectivity index (χ4v) is 4.62. The van der Waals surface area contributed by atoms with E-state index in [-0.39, 0.29) is 65.7 Å². The molecule has 0 spiro atoms. The number of anilines is 1. The van der Waals surface area contributed by atoms with Gasteiger partial charge in [0, 0.05) is 37.7 Å². The molecule has 4 aromatic rings. The molecule has 0 amide bonds. The SMILES string of the molecule is CCc1c(F)ccc2cc(O)cc(-c3ncc4c(N5CCC(F)(F)CC5)nc(OC)nc4c3F)c12. The van der Waals surface area contributed by atoms with Crippen LogP contribution in [-0.2, 0) is 6.42 Å². The minimum Gasteiger partial charge on any atom is -0.508 e. The van der Waals surface area contributed by atoms with E-state index in [1.54, 1.807) is 11.8 Å². The number of alkyl halides is 2. The number of aromatic nitrogens is 3. The fraction of sp³-hybridized carbons (Fsp3) is 0.320. The molecule has 1 saturated heterocycles. The first-order valence-corrected chi connectivity index (χ1v) is 11.2. The number of pyridine rings is 1. The summed E-state index contributed by atoms with van der Waals surface area (Å²) in [5, 5.41) is 11.5. The number of methoxy groups -OCH3 is 1. The Hall–Kier alpha value is -3.69. The van der Waals surface area contributed by atoms with Gasteiger partial charge in [-0.1, -0.05) is 13.0 Å². The number of phenolic OH excluding ortho intramolecular Hbond substituents is 1. The monoisotopic (exact) mass is 486 g/mol. The van der Waals surface area contributed by atoms with E-state index in [2.05, 4.69) is 15.0 Å². The highest BCUT2D eigenvalue weighted by molar-refractivity contribution is 6.01. The number of fused-ring (bicyclic) bond motifs is 2. The van der Waals surface area contributed by atoms with Gasteiger partial charge in [-0.3, -0.25) is 4.98 Å². The lowest BCUT2D eigenvalue weighted by Gasteiger charge is -2.33. The summed E-state index contributed by atoms with van der Waals surface area (Å²) in [5.41, 5.74) is 0.345. The normalized spacial score (nSPS) is 15.7. The summed E-state index contributed by atoms with van der Waals surface area (Å²) in [6.07, 6.45) is 1.01. The van der Waals surface area contributed by atoms with Crippen molar-refractivity contribution >= 4 is 27.5 Å². The number of hydrogen-bond acceptors (Lipinski definition) is 6. The molecular weight excluding hydrogens is 464 g/mol. The summed E-state index contributed by atoms with van der Waals surface area (Å²) in [7, 11) is 1.33. The van der Waals surface area contributed by atoms with Crippen LogP contribution < -0.4 is 9.64 Å². The number of ether oxygens (including phenoxy) is 1. The van der Waals surface area contributed by atoms with Crippen LogP contribution in [-0.4, -0.2) is 46.2 Å². The molecule has 3 heterocycles. The molecule has 0 saturated carbocycles. The first-order valence-electron chi connectivity index (χ1n) is 11.2. The lowest BCUT2D eigenvalue weighted by atomic mass is 9.94. The van der Waals surface area contributed by atoms with Crippen LogP contribution in [0, 0.1) is 11.6 Å². The highest BCUT2D eigenvalue weighted by Crippen LogP contribution is 2.39. The minimum absolute atomic E-state index is 0.0297. The van der Waals surface area contributed by atoms with Crippen LogP contribution in [0.3, 0.4) is 0 Å². The molecule has 1 N–H and O–H groups in total. The number of aryl methyl sites for hydroxylation is 1. The zero-order valence-corrected chi connectivity index (χ0v) is 19.1. The van der Waals surface area contributed by atoms with Gasteiger partial charge in [0.1, 0.15) is 28.6 Å². The van der Waals surface area contributed by atoms with Gasteiger partial charge in [-0.25, -0.2) is 17.6 Å². The highest BCUT2D eigenvalue weighted by atomic mass is 19.3. The van der Waals surface area contributed by atoms with E-state index in [4.69, 9.17) is 4.74 Å². The number of aromatic hydroxyl groups is 1. The van der Waals surface area contributed by atoms with Crippen LogP contribution in [0.15, 0.2) is 30.5 Å². The fourth-order valence-electron chi connectivity index (χ4n) is 4.62. The largest absolute Gasteiger partial charge is 0.508 e. The zero-order valence-electron chi connectivity index (χ0n) is 19.1. The molecule has 1 aliphatic heterocycles. The number of nitrogens with zero attached hydrogens (tertiary/aromatic N) is 4. The van der Waals surface area contributed by atoms with E-state index in [9.17, 15) is 18.3 Å². The average molecular weight is 486 g/mol. The summed E-state index contributed by atoms with van der Waals surface area (Å²) in [5.74, 6) is -3.90. The second-order valence-corrected chi connectivity index (χ2v) is 8.53. The molecule has 2 aromatic carbocycles. The third-order valence-corrected chi connectivity index (χ3v) is 6.38. The Kier molecular flexibility index (Phi) is 5.61. The molecule has 35 heavy (non-hydrogen) atoms. The van der Waals surface area contributed by atoms with Crippen LogP contribution in [0.4, 0.5) is 23.4 Å². The Balaban J connectivity index is 1.74. The smallest absolute Gasteiger partial charge is 0.318 e. The summed E-state index contributed by atoms with van der Waals surface area (Å²) in [6, 6.07) is 5.51. The Morgan fingerprint density at radius 3 is 2.54 bits per heavy atom. The van der Waals surface area contributed by atoms with Crippen molar-refractivity contribution in [2.24, 2.45) is 0 Å². The average Bonchev–Trinajstić information content (AvgIpc) is 2.83. The minimum atomic E-state index is -2.76. The van der Waals surface area contributed by atoms with E-state index in [1.807, 2.05) is 0 Å². The summed E-state index contributed by atoms with van der Waals surface area (Å²) in [4.78, 5) is 14.4. The number of benzene rings is 2. The van der Waals surface area contributed by atoms with Crippen molar-refractivity contribution in [1.29, 1.82) is 0 Å². The van der Waals surface area contributed by atoms with Crippen molar-refractivity contribution < 1.29 is 27.4 Å². The van der Waals surface area contributed by atoms with Crippen molar-refractivity contribution in [3.05, 3.63) is 47.7 Å². The predicted molar refractivity (Wildman–Crippen MR) is 124 cm³/mol. The number of phenols is 1. The van der Waals surface area contributed by atoms with Crippen molar-refractivity contribution in [2.75, 3.05) is 25.1 Å². The summed E-state index contributed by atoms with van der Waals surface area (Å²) >= 11 is 0. The Morgan fingerprint density at radius 2 is 1.86 bits per heavy atom. The molecule has 1 aliphatic rings. The molecule has 0 bridgehead atoms. The molecule has 10 heteroatoms. The second-order valence-electron chi connectivity index (χ2n) is 8.53. The van der Waals surface area contributed by atoms with Gasteiger partial charge in [-0.15, -0.1) is 0 Å². The van der Waals surface area contributed by atoms with Gasteiger partial charge >= 0.3 is 6.01 Å². The van der Waals surface area contributed by atoms with E-state index < -0.39 is 17.6 Å². The van der Waals surface area contributed by atoms with Crippen LogP contribution in [0.5, 0.6) is 11.8 Å². The first kappa shape index (κ1) is 23.1. The Labute approximate surface area is 198 Å². The molecule has 2 aromatic heterocycles. The van der Waals surface area contributed by atoms with Crippen LogP contribution in [0.1, 0.15) is 25.3 Å². The van der Waals surface area contributed by atoms with E-state index in [0.29, 0.717) is 22.8 Å². The maximum absolute atomic E-state index is 16.0. The predicted octanol–water partition coefficient (Wildman–Crippen LogP) is 5.64. The molecule has 6 nitrogen and oxygen atoms in total. The highest BCUT2D eigenvalue weighted by Gasteiger charge is 2.35. The van der Waals surface area contributed by atoms with Crippen LogP contribution in [0.2, 0.25) is 0 Å². The summed E-state index contributed by atoms with van der Waals surface area (Å²) in [6.45, 7) is 1.84. The van der Waals surface area contributed by atoms with Crippen molar-refractivity contribution in [3.8, 4) is 23.0 Å². The molecular formula is C25H22F4N4O2. The molecule has 0 unspecified atom stereocenters.